The van der Waals surface area contributed by atoms with Gasteiger partial charge >= 0.3 is 0 Å². The van der Waals surface area contributed by atoms with E-state index in [1.165, 1.54) is 54.6 Å². The number of fused-ring (bicyclic) bond motifs is 1. The molecule has 0 saturated heterocycles. The van der Waals surface area contributed by atoms with Crippen LogP contribution < -0.4 is 9.44 Å². The lowest BCUT2D eigenvalue weighted by molar-refractivity contribution is 0.516. The van der Waals surface area contributed by atoms with Crippen molar-refractivity contribution in [2.75, 3.05) is 4.31 Å². The number of benzene rings is 1. The summed E-state index contributed by atoms with van der Waals surface area (Å²) in [4.78, 5) is 1.36. The third kappa shape index (κ3) is 2.64. The molecule has 0 radical (unpaired) electrons. The van der Waals surface area contributed by atoms with Gasteiger partial charge in [0.15, 0.2) is 4.71 Å². The van der Waals surface area contributed by atoms with Crippen LogP contribution in [0.5, 0.6) is 0 Å². The van der Waals surface area contributed by atoms with Crippen LogP contribution in [0.25, 0.3) is 0 Å². The Bertz CT molecular complexity index is 407. The van der Waals surface area contributed by atoms with E-state index in [4.69, 9.17) is 5.14 Å². The van der Waals surface area contributed by atoms with Crippen molar-refractivity contribution in [3.8, 4) is 0 Å². The van der Waals surface area contributed by atoms with Crippen molar-refractivity contribution in [3.63, 3.8) is 0 Å². The van der Waals surface area contributed by atoms with Gasteiger partial charge < -0.3 is 0 Å². The summed E-state index contributed by atoms with van der Waals surface area (Å²) in [6.45, 7) is 0. The number of hydrogen-bond acceptors (Lipinski definition) is 5. The minimum absolute atomic E-state index is 0.328. The highest BCUT2D eigenvalue weighted by Gasteiger charge is 2.32. The lowest BCUT2D eigenvalue weighted by Gasteiger charge is -2.30. The maximum atomic E-state index is 5.85. The Morgan fingerprint density at radius 3 is 2.72 bits per heavy atom. The van der Waals surface area contributed by atoms with E-state index in [9.17, 15) is 0 Å². The van der Waals surface area contributed by atoms with Crippen LogP contribution >= 0.6 is 35.7 Å². The normalized spacial score (nSPS) is 24.3. The molecular formula is C13H18N2S3. The summed E-state index contributed by atoms with van der Waals surface area (Å²) in [5.74, 6) is 0. The monoisotopic (exact) mass is 298 g/mol. The van der Waals surface area contributed by atoms with Crippen molar-refractivity contribution in [1.29, 1.82) is 0 Å². The van der Waals surface area contributed by atoms with Gasteiger partial charge in [-0.15, -0.1) is 0 Å². The number of para-hydroxylation sites is 1. The van der Waals surface area contributed by atoms with Crippen molar-refractivity contribution in [2.24, 2.45) is 5.14 Å². The van der Waals surface area contributed by atoms with Gasteiger partial charge in [-0.2, -0.15) is 0 Å². The molecule has 0 amide bonds. The quantitative estimate of drug-likeness (QED) is 0.832. The van der Waals surface area contributed by atoms with Gasteiger partial charge in [0, 0.05) is 10.1 Å². The first kappa shape index (κ1) is 13.0. The largest absolute Gasteiger partial charge is 0.291 e. The predicted molar refractivity (Wildman–Crippen MR) is 84.8 cm³/mol. The van der Waals surface area contributed by atoms with Crippen LogP contribution in [0.15, 0.2) is 29.2 Å². The number of hydrogen-bond donors (Lipinski definition) is 1. The first-order chi connectivity index (χ1) is 8.88. The molecule has 2 N–H and O–H groups in total. The van der Waals surface area contributed by atoms with Gasteiger partial charge in [0.05, 0.1) is 5.69 Å². The summed E-state index contributed by atoms with van der Waals surface area (Å²) >= 11 is 5.34. The molecule has 1 atom stereocenters. The average Bonchev–Trinajstić information content (AvgIpc) is 2.78. The molecule has 1 fully saturated rings. The van der Waals surface area contributed by atoms with Crippen LogP contribution in [0, 0.1) is 0 Å². The predicted octanol–water partition coefficient (Wildman–Crippen LogP) is 4.47. The molecule has 1 unspecified atom stereocenters. The Morgan fingerprint density at radius 2 is 1.94 bits per heavy atom. The van der Waals surface area contributed by atoms with Gasteiger partial charge in [0.2, 0.25) is 0 Å². The molecule has 1 aliphatic heterocycles. The third-order valence-electron chi connectivity index (χ3n) is 3.45. The Hall–Kier alpha value is 0.0300. The molecule has 1 heterocycles. The second kappa shape index (κ2) is 5.99. The van der Waals surface area contributed by atoms with Crippen LogP contribution in [0.3, 0.4) is 0 Å². The second-order valence-corrected chi connectivity index (χ2v) is 8.13. The first-order valence-corrected chi connectivity index (χ1v) is 9.11. The number of rotatable bonds is 3. The minimum atomic E-state index is 0.328. The fraction of sp³-hybridized carbons (Fsp3) is 0.538. The van der Waals surface area contributed by atoms with E-state index in [2.05, 4.69) is 28.6 Å². The highest BCUT2D eigenvalue weighted by Crippen LogP contribution is 2.51. The van der Waals surface area contributed by atoms with Crippen molar-refractivity contribution < 1.29 is 0 Å². The van der Waals surface area contributed by atoms with Crippen molar-refractivity contribution in [2.45, 2.75) is 47.0 Å². The third-order valence-corrected chi connectivity index (χ3v) is 7.20. The Morgan fingerprint density at radius 1 is 1.17 bits per heavy atom. The van der Waals surface area contributed by atoms with Gasteiger partial charge in [-0.1, -0.05) is 43.2 Å². The second-order valence-electron chi connectivity index (χ2n) is 4.72. The van der Waals surface area contributed by atoms with Crippen LogP contribution in [-0.2, 0) is 0 Å². The molecule has 5 heteroatoms. The fourth-order valence-corrected chi connectivity index (χ4v) is 6.03. The molecule has 3 rings (SSSR count). The van der Waals surface area contributed by atoms with E-state index in [1.54, 1.807) is 0 Å². The van der Waals surface area contributed by atoms with E-state index >= 15 is 0 Å². The molecule has 18 heavy (non-hydrogen) atoms. The molecule has 2 aliphatic rings. The molecule has 1 aromatic rings. The maximum absolute atomic E-state index is 5.85. The van der Waals surface area contributed by atoms with Gasteiger partial charge in [0.1, 0.15) is 0 Å². The van der Waals surface area contributed by atoms with E-state index in [-0.39, 0.29) is 0 Å². The molecular weight excluding hydrogens is 280 g/mol. The summed E-state index contributed by atoms with van der Waals surface area (Å²) in [7, 11) is 0. The number of thioether (sulfide) groups is 1. The number of anilines is 1. The molecule has 0 aromatic heterocycles. The summed E-state index contributed by atoms with van der Waals surface area (Å²) in [5.41, 5.74) is 1.35. The van der Waals surface area contributed by atoms with E-state index < -0.39 is 0 Å². The van der Waals surface area contributed by atoms with E-state index in [0.717, 1.165) is 5.25 Å². The molecule has 1 aliphatic carbocycles. The SMILES string of the molecule is NSC1Sc2ccccc2N1SC1CCCCC1. The summed E-state index contributed by atoms with van der Waals surface area (Å²) < 4.78 is 2.76. The van der Waals surface area contributed by atoms with Crippen LogP contribution in [0.2, 0.25) is 0 Å². The van der Waals surface area contributed by atoms with Gasteiger partial charge in [-0.05, 0) is 48.9 Å². The van der Waals surface area contributed by atoms with E-state index in [0.29, 0.717) is 4.71 Å². The van der Waals surface area contributed by atoms with Gasteiger partial charge in [0.25, 0.3) is 0 Å². The first-order valence-electron chi connectivity index (χ1n) is 6.46. The van der Waals surface area contributed by atoms with Gasteiger partial charge in [-0.3, -0.25) is 9.44 Å². The molecule has 98 valence electrons. The lowest BCUT2D eigenvalue weighted by atomic mass is 10.0. The number of nitrogens with zero attached hydrogens (tertiary/aromatic N) is 1. The van der Waals surface area contributed by atoms with E-state index in [1.807, 2.05) is 23.7 Å². The summed E-state index contributed by atoms with van der Waals surface area (Å²) in [5, 5.41) is 6.63. The Balaban J connectivity index is 1.76. The molecule has 1 saturated carbocycles. The summed E-state index contributed by atoms with van der Waals surface area (Å²) in [6, 6.07) is 8.65. The number of nitrogens with two attached hydrogens (primary N) is 1. The molecule has 0 spiro atoms. The molecule has 1 aromatic carbocycles. The topological polar surface area (TPSA) is 29.3 Å². The Labute approximate surface area is 122 Å². The zero-order chi connectivity index (χ0) is 12.4. The zero-order valence-electron chi connectivity index (χ0n) is 10.2. The smallest absolute Gasteiger partial charge is 0.150 e. The van der Waals surface area contributed by atoms with Gasteiger partial charge in [-0.25, -0.2) is 0 Å². The molecule has 2 nitrogen and oxygen atoms in total. The van der Waals surface area contributed by atoms with Crippen molar-refractivity contribution in [1.82, 2.24) is 0 Å². The minimum Gasteiger partial charge on any atom is -0.291 e. The maximum Gasteiger partial charge on any atom is 0.150 e. The summed E-state index contributed by atoms with van der Waals surface area (Å²) in [6.07, 6.45) is 6.91. The van der Waals surface area contributed by atoms with Crippen LogP contribution in [-0.4, -0.2) is 9.96 Å². The van der Waals surface area contributed by atoms with Crippen molar-refractivity contribution >= 4 is 41.3 Å². The van der Waals surface area contributed by atoms with Crippen LogP contribution in [0.4, 0.5) is 5.69 Å². The lowest BCUT2D eigenvalue weighted by Crippen LogP contribution is -2.25. The Kier molecular flexibility index (Phi) is 4.34. The molecule has 0 bridgehead atoms. The standard InChI is InChI=1S/C13H18N2S3/c14-17-13-15(18-10-6-2-1-3-7-10)11-8-4-5-9-12(11)16-13/h4-5,8-10,13H,1-3,6-7,14H2. The van der Waals surface area contributed by atoms with Crippen LogP contribution in [0.1, 0.15) is 32.1 Å². The highest BCUT2D eigenvalue weighted by molar-refractivity contribution is 8.18. The highest BCUT2D eigenvalue weighted by atomic mass is 32.2. The fourth-order valence-electron chi connectivity index (χ4n) is 2.53. The van der Waals surface area contributed by atoms with Crippen molar-refractivity contribution in [3.05, 3.63) is 24.3 Å². The average molecular weight is 299 g/mol. The zero-order valence-corrected chi connectivity index (χ0v) is 12.7.